The highest BCUT2D eigenvalue weighted by Gasteiger charge is 2.22. The van der Waals surface area contributed by atoms with Crippen LogP contribution in [-0.4, -0.2) is 28.7 Å². The maximum Gasteiger partial charge on any atom is 0.251 e. The van der Waals surface area contributed by atoms with Crippen LogP contribution in [0.5, 0.6) is 11.5 Å². The van der Waals surface area contributed by atoms with Crippen molar-refractivity contribution < 1.29 is 15.0 Å². The van der Waals surface area contributed by atoms with Gasteiger partial charge in [-0.25, -0.2) is 0 Å². The molecule has 0 aliphatic heterocycles. The molecule has 5 N–H and O–H groups in total. The Kier molecular flexibility index (Phi) is 3.72. The molecule has 1 fully saturated rings. The molecule has 0 heterocycles. The lowest BCUT2D eigenvalue weighted by molar-refractivity contribution is 0.0947. The van der Waals surface area contributed by atoms with Gasteiger partial charge in [0.25, 0.3) is 5.91 Å². The van der Waals surface area contributed by atoms with E-state index in [2.05, 4.69) is 5.32 Å². The summed E-state index contributed by atoms with van der Waals surface area (Å²) in [4.78, 5) is 11.8. The molecule has 98 valence electrons. The zero-order chi connectivity index (χ0) is 13.1. The van der Waals surface area contributed by atoms with Crippen LogP contribution in [0, 0.1) is 5.92 Å². The highest BCUT2D eigenvalue weighted by molar-refractivity contribution is 5.94. The van der Waals surface area contributed by atoms with Crippen molar-refractivity contribution in [1.82, 2.24) is 5.32 Å². The highest BCUT2D eigenvalue weighted by Crippen LogP contribution is 2.25. The average molecular weight is 250 g/mol. The van der Waals surface area contributed by atoms with Crippen molar-refractivity contribution in [2.45, 2.75) is 25.3 Å². The number of carbonyl (C=O) groups excluding carboxylic acids is 1. The third-order valence-corrected chi connectivity index (χ3v) is 3.37. The van der Waals surface area contributed by atoms with Gasteiger partial charge in [0.1, 0.15) is 0 Å². The predicted octanol–water partition coefficient (Wildman–Crippen LogP) is 0.955. The van der Waals surface area contributed by atoms with E-state index in [-0.39, 0.29) is 23.4 Å². The van der Waals surface area contributed by atoms with E-state index in [1.165, 1.54) is 18.2 Å². The van der Waals surface area contributed by atoms with E-state index in [0.29, 0.717) is 18.0 Å². The predicted molar refractivity (Wildman–Crippen MR) is 67.4 cm³/mol. The summed E-state index contributed by atoms with van der Waals surface area (Å²) in [6.07, 6.45) is 3.00. The molecule has 2 rings (SSSR count). The van der Waals surface area contributed by atoms with Crippen LogP contribution < -0.4 is 11.1 Å². The first-order chi connectivity index (χ1) is 8.56. The number of aromatic hydroxyl groups is 2. The summed E-state index contributed by atoms with van der Waals surface area (Å²) in [5.41, 5.74) is 6.15. The second-order valence-electron chi connectivity index (χ2n) is 4.85. The summed E-state index contributed by atoms with van der Waals surface area (Å²) in [7, 11) is 0. The molecule has 0 bridgehead atoms. The minimum Gasteiger partial charge on any atom is -0.504 e. The first-order valence-electron chi connectivity index (χ1n) is 6.12. The summed E-state index contributed by atoms with van der Waals surface area (Å²) < 4.78 is 0. The standard InChI is InChI=1S/C13H18N2O3/c14-10-3-1-8(5-10)7-15-13(18)9-2-4-11(16)12(17)6-9/h2,4,6,8,10,16-17H,1,3,5,7,14H2,(H,15,18). The van der Waals surface area contributed by atoms with Crippen molar-refractivity contribution in [3.05, 3.63) is 23.8 Å². The number of hydrogen-bond acceptors (Lipinski definition) is 4. The summed E-state index contributed by atoms with van der Waals surface area (Å²) in [5, 5.41) is 21.3. The second kappa shape index (κ2) is 5.27. The molecule has 1 aromatic rings. The monoisotopic (exact) mass is 250 g/mol. The lowest BCUT2D eigenvalue weighted by Gasteiger charge is -2.11. The molecule has 5 nitrogen and oxygen atoms in total. The Morgan fingerprint density at radius 3 is 2.72 bits per heavy atom. The lowest BCUT2D eigenvalue weighted by atomic mass is 10.1. The minimum atomic E-state index is -0.287. The Morgan fingerprint density at radius 2 is 2.11 bits per heavy atom. The Labute approximate surface area is 106 Å². The van der Waals surface area contributed by atoms with Gasteiger partial charge >= 0.3 is 0 Å². The van der Waals surface area contributed by atoms with Crippen LogP contribution >= 0.6 is 0 Å². The van der Waals surface area contributed by atoms with Crippen LogP contribution in [0.2, 0.25) is 0 Å². The molecule has 5 heteroatoms. The Balaban J connectivity index is 1.89. The summed E-state index contributed by atoms with van der Waals surface area (Å²) in [6, 6.07) is 4.29. The molecule has 1 aliphatic carbocycles. The SMILES string of the molecule is NC1CCC(CNC(=O)c2ccc(O)c(O)c2)C1. The number of phenolic OH excluding ortho intramolecular Hbond substituents is 2. The maximum atomic E-state index is 11.8. The van der Waals surface area contributed by atoms with Gasteiger partial charge in [-0.1, -0.05) is 0 Å². The Morgan fingerprint density at radius 1 is 1.33 bits per heavy atom. The number of amides is 1. The van der Waals surface area contributed by atoms with Crippen LogP contribution in [0.15, 0.2) is 18.2 Å². The normalized spacial score (nSPS) is 22.9. The minimum absolute atomic E-state index is 0.228. The van der Waals surface area contributed by atoms with Crippen molar-refractivity contribution in [3.8, 4) is 11.5 Å². The van der Waals surface area contributed by atoms with Crippen molar-refractivity contribution in [2.75, 3.05) is 6.54 Å². The molecule has 0 spiro atoms. The third-order valence-electron chi connectivity index (χ3n) is 3.37. The number of hydrogen-bond donors (Lipinski definition) is 4. The molecule has 0 saturated heterocycles. The summed E-state index contributed by atoms with van der Waals surface area (Å²) in [5.74, 6) is -0.320. The molecular weight excluding hydrogens is 232 g/mol. The van der Waals surface area contributed by atoms with Crippen LogP contribution in [0.1, 0.15) is 29.6 Å². The van der Waals surface area contributed by atoms with Gasteiger partial charge in [0.05, 0.1) is 0 Å². The zero-order valence-corrected chi connectivity index (χ0v) is 10.1. The van der Waals surface area contributed by atoms with E-state index in [4.69, 9.17) is 10.8 Å². The molecule has 18 heavy (non-hydrogen) atoms. The maximum absolute atomic E-state index is 11.8. The molecule has 1 aromatic carbocycles. The number of rotatable bonds is 3. The molecule has 1 aliphatic rings. The molecule has 0 radical (unpaired) electrons. The zero-order valence-electron chi connectivity index (χ0n) is 10.1. The van der Waals surface area contributed by atoms with Gasteiger partial charge in [-0.2, -0.15) is 0 Å². The largest absolute Gasteiger partial charge is 0.504 e. The van der Waals surface area contributed by atoms with Gasteiger partial charge in [-0.15, -0.1) is 0 Å². The fraction of sp³-hybridized carbons (Fsp3) is 0.462. The van der Waals surface area contributed by atoms with E-state index in [1.54, 1.807) is 0 Å². The Bertz CT molecular complexity index is 448. The van der Waals surface area contributed by atoms with Crippen LogP contribution in [0.25, 0.3) is 0 Å². The number of carbonyl (C=O) groups is 1. The van der Waals surface area contributed by atoms with Crippen molar-refractivity contribution >= 4 is 5.91 Å². The molecule has 1 amide bonds. The molecule has 1 saturated carbocycles. The van der Waals surface area contributed by atoms with Crippen LogP contribution in [0.4, 0.5) is 0 Å². The lowest BCUT2D eigenvalue weighted by Crippen LogP contribution is -2.29. The van der Waals surface area contributed by atoms with Crippen LogP contribution in [0.3, 0.4) is 0 Å². The Hall–Kier alpha value is -1.75. The van der Waals surface area contributed by atoms with E-state index in [9.17, 15) is 9.90 Å². The van der Waals surface area contributed by atoms with Crippen LogP contribution in [-0.2, 0) is 0 Å². The van der Waals surface area contributed by atoms with E-state index < -0.39 is 0 Å². The number of nitrogens with one attached hydrogen (secondary N) is 1. The number of nitrogens with two attached hydrogens (primary N) is 1. The first kappa shape index (κ1) is 12.7. The highest BCUT2D eigenvalue weighted by atomic mass is 16.3. The molecule has 2 atom stereocenters. The van der Waals surface area contributed by atoms with Crippen molar-refractivity contribution in [3.63, 3.8) is 0 Å². The summed E-state index contributed by atoms with van der Waals surface area (Å²) in [6.45, 7) is 0.605. The van der Waals surface area contributed by atoms with Gasteiger partial charge in [0, 0.05) is 18.2 Å². The smallest absolute Gasteiger partial charge is 0.251 e. The molecule has 0 aromatic heterocycles. The van der Waals surface area contributed by atoms with Gasteiger partial charge < -0.3 is 21.3 Å². The number of benzene rings is 1. The molecular formula is C13H18N2O3. The van der Waals surface area contributed by atoms with E-state index in [1.807, 2.05) is 0 Å². The third kappa shape index (κ3) is 2.92. The first-order valence-corrected chi connectivity index (χ1v) is 6.12. The average Bonchev–Trinajstić information content (AvgIpc) is 2.75. The van der Waals surface area contributed by atoms with Gasteiger partial charge in [0.2, 0.25) is 0 Å². The number of phenols is 2. The van der Waals surface area contributed by atoms with Crippen molar-refractivity contribution in [1.29, 1.82) is 0 Å². The topological polar surface area (TPSA) is 95.6 Å². The fourth-order valence-electron chi connectivity index (χ4n) is 2.30. The van der Waals surface area contributed by atoms with Gasteiger partial charge in [-0.05, 0) is 43.4 Å². The van der Waals surface area contributed by atoms with E-state index in [0.717, 1.165) is 19.3 Å². The summed E-state index contributed by atoms with van der Waals surface area (Å²) >= 11 is 0. The van der Waals surface area contributed by atoms with Gasteiger partial charge in [0.15, 0.2) is 11.5 Å². The quantitative estimate of drug-likeness (QED) is 0.601. The van der Waals surface area contributed by atoms with Gasteiger partial charge in [-0.3, -0.25) is 4.79 Å². The fourth-order valence-corrected chi connectivity index (χ4v) is 2.30. The second-order valence-corrected chi connectivity index (χ2v) is 4.85. The molecule has 2 unspecified atom stereocenters. The van der Waals surface area contributed by atoms with Crippen molar-refractivity contribution in [2.24, 2.45) is 11.7 Å². The van der Waals surface area contributed by atoms with E-state index >= 15 is 0 Å².